The molecular formula is C18H12O2. The largest absolute Gasteiger partial charge is 0.507 e. The maximum atomic E-state index is 9.98. The molecular weight excluding hydrogens is 248 g/mol. The molecule has 0 fully saturated rings. The number of furan rings is 1. The summed E-state index contributed by atoms with van der Waals surface area (Å²) in [6.45, 7) is 0. The summed E-state index contributed by atoms with van der Waals surface area (Å²) in [4.78, 5) is 0. The van der Waals surface area contributed by atoms with E-state index in [1.165, 1.54) is 0 Å². The highest BCUT2D eigenvalue weighted by Crippen LogP contribution is 2.36. The molecule has 20 heavy (non-hydrogen) atoms. The van der Waals surface area contributed by atoms with Crippen LogP contribution in [0.1, 0.15) is 0 Å². The molecule has 0 atom stereocenters. The van der Waals surface area contributed by atoms with Crippen molar-refractivity contribution in [2.45, 2.75) is 0 Å². The molecule has 1 aromatic heterocycles. The van der Waals surface area contributed by atoms with Crippen LogP contribution in [-0.4, -0.2) is 5.11 Å². The van der Waals surface area contributed by atoms with Crippen LogP contribution in [0.25, 0.3) is 33.1 Å². The molecule has 2 heteroatoms. The van der Waals surface area contributed by atoms with Crippen LogP contribution in [0.4, 0.5) is 0 Å². The van der Waals surface area contributed by atoms with Gasteiger partial charge in [-0.2, -0.15) is 0 Å². The van der Waals surface area contributed by atoms with E-state index in [9.17, 15) is 5.11 Å². The SMILES string of the molecule is Oc1cccc2oc3cc(-c4ccccc4)ccc3c12. The molecule has 0 amide bonds. The lowest BCUT2D eigenvalue weighted by Gasteiger charge is -2.00. The van der Waals surface area contributed by atoms with E-state index in [2.05, 4.69) is 18.2 Å². The number of aromatic hydroxyl groups is 1. The highest BCUT2D eigenvalue weighted by atomic mass is 16.3. The molecule has 3 aromatic carbocycles. The van der Waals surface area contributed by atoms with E-state index in [0.29, 0.717) is 5.58 Å². The topological polar surface area (TPSA) is 33.4 Å². The number of rotatable bonds is 1. The summed E-state index contributed by atoms with van der Waals surface area (Å²) in [5.74, 6) is 0.258. The smallest absolute Gasteiger partial charge is 0.139 e. The van der Waals surface area contributed by atoms with Crippen molar-refractivity contribution < 1.29 is 9.52 Å². The number of phenolic OH excluding ortho intramolecular Hbond substituents is 1. The van der Waals surface area contributed by atoms with Crippen molar-refractivity contribution in [1.29, 1.82) is 0 Å². The minimum Gasteiger partial charge on any atom is -0.507 e. The average molecular weight is 260 g/mol. The lowest BCUT2D eigenvalue weighted by molar-refractivity contribution is 0.481. The molecule has 0 aliphatic carbocycles. The van der Waals surface area contributed by atoms with Gasteiger partial charge in [-0.15, -0.1) is 0 Å². The second-order valence-corrected chi connectivity index (χ2v) is 4.83. The van der Waals surface area contributed by atoms with Crippen LogP contribution in [0.2, 0.25) is 0 Å². The Kier molecular flexibility index (Phi) is 2.30. The number of hydrogen-bond acceptors (Lipinski definition) is 2. The summed E-state index contributed by atoms with van der Waals surface area (Å²) in [6.07, 6.45) is 0. The first-order valence-electron chi connectivity index (χ1n) is 6.52. The molecule has 4 rings (SSSR count). The van der Waals surface area contributed by atoms with Gasteiger partial charge in [0.2, 0.25) is 0 Å². The molecule has 0 spiro atoms. The Labute approximate surface area is 115 Å². The third-order valence-electron chi connectivity index (χ3n) is 3.58. The van der Waals surface area contributed by atoms with E-state index >= 15 is 0 Å². The maximum Gasteiger partial charge on any atom is 0.139 e. The lowest BCUT2D eigenvalue weighted by atomic mass is 10.0. The molecule has 1 N–H and O–H groups in total. The zero-order valence-corrected chi connectivity index (χ0v) is 10.7. The minimum absolute atomic E-state index is 0.258. The van der Waals surface area contributed by atoms with Gasteiger partial charge in [-0.05, 0) is 35.4 Å². The van der Waals surface area contributed by atoms with Crippen molar-refractivity contribution in [2.24, 2.45) is 0 Å². The van der Waals surface area contributed by atoms with E-state index in [1.807, 2.05) is 36.4 Å². The van der Waals surface area contributed by atoms with Gasteiger partial charge in [-0.25, -0.2) is 0 Å². The van der Waals surface area contributed by atoms with Gasteiger partial charge in [0, 0.05) is 5.39 Å². The van der Waals surface area contributed by atoms with Crippen LogP contribution in [-0.2, 0) is 0 Å². The van der Waals surface area contributed by atoms with Crippen molar-refractivity contribution >= 4 is 21.9 Å². The number of benzene rings is 3. The molecule has 0 unspecified atom stereocenters. The zero-order chi connectivity index (χ0) is 13.5. The van der Waals surface area contributed by atoms with Crippen LogP contribution in [0.5, 0.6) is 5.75 Å². The van der Waals surface area contributed by atoms with Crippen molar-refractivity contribution in [3.63, 3.8) is 0 Å². The maximum absolute atomic E-state index is 9.98. The second-order valence-electron chi connectivity index (χ2n) is 4.83. The Bertz CT molecular complexity index is 905. The second kappa shape index (κ2) is 4.14. The van der Waals surface area contributed by atoms with Crippen LogP contribution in [0.15, 0.2) is 71.1 Å². The molecule has 0 aliphatic rings. The predicted molar refractivity (Wildman–Crippen MR) is 80.8 cm³/mol. The Hall–Kier alpha value is -2.74. The van der Waals surface area contributed by atoms with Gasteiger partial charge in [0.15, 0.2) is 0 Å². The summed E-state index contributed by atoms with van der Waals surface area (Å²) >= 11 is 0. The van der Waals surface area contributed by atoms with Gasteiger partial charge in [0.05, 0.1) is 5.39 Å². The number of fused-ring (bicyclic) bond motifs is 3. The van der Waals surface area contributed by atoms with E-state index in [-0.39, 0.29) is 5.75 Å². The van der Waals surface area contributed by atoms with Gasteiger partial charge in [0.25, 0.3) is 0 Å². The molecule has 4 aromatic rings. The fourth-order valence-electron chi connectivity index (χ4n) is 2.62. The standard InChI is InChI=1S/C18H12O2/c19-15-7-4-8-16-18(15)14-10-9-13(11-17(14)20-16)12-5-2-1-3-6-12/h1-11,19H. The molecule has 0 radical (unpaired) electrons. The molecule has 0 saturated carbocycles. The average Bonchev–Trinajstić information content (AvgIpc) is 2.87. The first-order chi connectivity index (χ1) is 9.83. The van der Waals surface area contributed by atoms with Crippen molar-refractivity contribution in [3.05, 3.63) is 66.7 Å². The molecule has 1 heterocycles. The van der Waals surface area contributed by atoms with Gasteiger partial charge in [0.1, 0.15) is 16.9 Å². The van der Waals surface area contributed by atoms with Gasteiger partial charge in [-0.3, -0.25) is 0 Å². The Balaban J connectivity index is 2.01. The molecule has 0 saturated heterocycles. The highest BCUT2D eigenvalue weighted by Gasteiger charge is 2.11. The third-order valence-corrected chi connectivity index (χ3v) is 3.58. The Morgan fingerprint density at radius 2 is 1.55 bits per heavy atom. The molecule has 0 aliphatic heterocycles. The number of hydrogen-bond donors (Lipinski definition) is 1. The van der Waals surface area contributed by atoms with Crippen LogP contribution in [0.3, 0.4) is 0 Å². The van der Waals surface area contributed by atoms with Gasteiger partial charge in [-0.1, -0.05) is 42.5 Å². The lowest BCUT2D eigenvalue weighted by Crippen LogP contribution is -1.76. The van der Waals surface area contributed by atoms with E-state index in [1.54, 1.807) is 12.1 Å². The van der Waals surface area contributed by atoms with Crippen LogP contribution < -0.4 is 0 Å². The monoisotopic (exact) mass is 260 g/mol. The first kappa shape index (κ1) is 11.1. The zero-order valence-electron chi connectivity index (χ0n) is 10.7. The Morgan fingerprint density at radius 3 is 2.40 bits per heavy atom. The molecule has 96 valence electrons. The fraction of sp³-hybridized carbons (Fsp3) is 0. The quantitative estimate of drug-likeness (QED) is 0.525. The summed E-state index contributed by atoms with van der Waals surface area (Å²) < 4.78 is 5.84. The van der Waals surface area contributed by atoms with Crippen LogP contribution in [0, 0.1) is 0 Å². The fourth-order valence-corrected chi connectivity index (χ4v) is 2.62. The summed E-state index contributed by atoms with van der Waals surface area (Å²) in [7, 11) is 0. The van der Waals surface area contributed by atoms with Crippen molar-refractivity contribution in [2.75, 3.05) is 0 Å². The summed E-state index contributed by atoms with van der Waals surface area (Å²) in [5.41, 5.74) is 3.77. The normalized spacial score (nSPS) is 11.2. The summed E-state index contributed by atoms with van der Waals surface area (Å²) in [5, 5.41) is 11.7. The number of phenols is 1. The van der Waals surface area contributed by atoms with Crippen molar-refractivity contribution in [3.8, 4) is 16.9 Å². The Morgan fingerprint density at radius 1 is 0.700 bits per heavy atom. The molecule has 2 nitrogen and oxygen atoms in total. The van der Waals surface area contributed by atoms with Gasteiger partial charge >= 0.3 is 0 Å². The summed E-state index contributed by atoms with van der Waals surface area (Å²) in [6, 6.07) is 21.6. The predicted octanol–water partition coefficient (Wildman–Crippen LogP) is 4.96. The van der Waals surface area contributed by atoms with Crippen molar-refractivity contribution in [1.82, 2.24) is 0 Å². The molecule has 0 bridgehead atoms. The third kappa shape index (κ3) is 1.58. The highest BCUT2D eigenvalue weighted by molar-refractivity contribution is 6.08. The minimum atomic E-state index is 0.258. The van der Waals surface area contributed by atoms with Crippen LogP contribution >= 0.6 is 0 Å². The van der Waals surface area contributed by atoms with Gasteiger partial charge < -0.3 is 9.52 Å². The van der Waals surface area contributed by atoms with E-state index < -0.39 is 0 Å². The van der Waals surface area contributed by atoms with E-state index in [4.69, 9.17) is 4.42 Å². The van der Waals surface area contributed by atoms with E-state index in [0.717, 1.165) is 27.5 Å². The first-order valence-corrected chi connectivity index (χ1v) is 6.52.